The maximum atomic E-state index is 2.57. The Bertz CT molecular complexity index is 248. The molecule has 1 atom stereocenters. The summed E-state index contributed by atoms with van der Waals surface area (Å²) in [4.78, 5) is 2.57. The molecule has 0 aromatic heterocycles. The van der Waals surface area contributed by atoms with Crippen molar-refractivity contribution in [3.8, 4) is 0 Å². The second-order valence-electron chi connectivity index (χ2n) is 7.22. The van der Waals surface area contributed by atoms with Gasteiger partial charge in [-0.25, -0.2) is 0 Å². The molecule has 0 aliphatic carbocycles. The van der Waals surface area contributed by atoms with Crippen molar-refractivity contribution in [1.29, 1.82) is 0 Å². The Labute approximate surface area is 96.2 Å². The molecule has 0 bridgehead atoms. The van der Waals surface area contributed by atoms with E-state index in [1.54, 1.807) is 0 Å². The zero-order valence-electron chi connectivity index (χ0n) is 12.1. The van der Waals surface area contributed by atoms with Gasteiger partial charge < -0.3 is 0 Å². The fourth-order valence-electron chi connectivity index (χ4n) is 4.27. The van der Waals surface area contributed by atoms with Crippen LogP contribution in [0.1, 0.15) is 55.4 Å². The van der Waals surface area contributed by atoms with Gasteiger partial charge in [0.25, 0.3) is 0 Å². The van der Waals surface area contributed by atoms with Gasteiger partial charge >= 0.3 is 0 Å². The summed E-state index contributed by atoms with van der Waals surface area (Å²) in [7, 11) is 2.28. The monoisotopic (exact) mass is 211 g/mol. The van der Waals surface area contributed by atoms with Gasteiger partial charge in [0.15, 0.2) is 0 Å². The van der Waals surface area contributed by atoms with Crippen molar-refractivity contribution in [3.05, 3.63) is 0 Å². The summed E-state index contributed by atoms with van der Waals surface area (Å²) in [5.74, 6) is 1.48. The van der Waals surface area contributed by atoms with Gasteiger partial charge in [-0.15, -0.1) is 0 Å². The predicted octanol–water partition coefficient (Wildman–Crippen LogP) is 3.79. The van der Waals surface area contributed by atoms with Crippen molar-refractivity contribution < 1.29 is 0 Å². The van der Waals surface area contributed by atoms with Gasteiger partial charge in [-0.1, -0.05) is 27.7 Å². The first-order chi connectivity index (χ1) is 6.47. The third-order valence-corrected chi connectivity index (χ3v) is 5.49. The Hall–Kier alpha value is -0.0400. The Kier molecular flexibility index (Phi) is 2.80. The van der Waals surface area contributed by atoms with Crippen molar-refractivity contribution in [1.82, 2.24) is 4.90 Å². The second-order valence-corrected chi connectivity index (χ2v) is 7.22. The lowest BCUT2D eigenvalue weighted by Gasteiger charge is -2.42. The zero-order valence-corrected chi connectivity index (χ0v) is 12.1. The first-order valence-electron chi connectivity index (χ1n) is 6.21. The molecular weight excluding hydrogens is 182 g/mol. The third kappa shape index (κ3) is 1.46. The number of hydrogen-bond donors (Lipinski definition) is 0. The van der Waals surface area contributed by atoms with Gasteiger partial charge in [0.2, 0.25) is 0 Å². The molecule has 1 aliphatic heterocycles. The quantitative estimate of drug-likeness (QED) is 0.638. The first-order valence-corrected chi connectivity index (χ1v) is 6.21. The maximum Gasteiger partial charge on any atom is 0.0209 e. The molecule has 1 heterocycles. The van der Waals surface area contributed by atoms with E-state index in [0.717, 1.165) is 11.8 Å². The Balaban J connectivity index is 3.29. The summed E-state index contributed by atoms with van der Waals surface area (Å²) < 4.78 is 0. The minimum Gasteiger partial charge on any atom is -0.295 e. The number of hydrogen-bond acceptors (Lipinski definition) is 1. The summed E-state index contributed by atoms with van der Waals surface area (Å²) >= 11 is 0. The highest BCUT2D eigenvalue weighted by molar-refractivity contribution is 5.14. The predicted molar refractivity (Wildman–Crippen MR) is 68.0 cm³/mol. The molecule has 1 aliphatic rings. The maximum absolute atomic E-state index is 2.57. The van der Waals surface area contributed by atoms with Crippen LogP contribution in [0.2, 0.25) is 0 Å². The first kappa shape index (κ1) is 13.0. The van der Waals surface area contributed by atoms with E-state index in [1.165, 1.54) is 0 Å². The molecule has 15 heavy (non-hydrogen) atoms. The van der Waals surface area contributed by atoms with Crippen molar-refractivity contribution in [3.63, 3.8) is 0 Å². The van der Waals surface area contributed by atoms with Crippen molar-refractivity contribution in [2.75, 3.05) is 7.05 Å². The lowest BCUT2D eigenvalue weighted by molar-refractivity contribution is 0.0755. The SMILES string of the molecule is CC(C)C1C(C)(C)N(C)C(C)(C)C1(C)C. The van der Waals surface area contributed by atoms with Gasteiger partial charge in [0.05, 0.1) is 0 Å². The molecule has 0 saturated carbocycles. The van der Waals surface area contributed by atoms with E-state index in [1.807, 2.05) is 0 Å². The van der Waals surface area contributed by atoms with Crippen LogP contribution in [0.4, 0.5) is 0 Å². The highest BCUT2D eigenvalue weighted by Gasteiger charge is 2.61. The van der Waals surface area contributed by atoms with E-state index in [2.05, 4.69) is 67.3 Å². The van der Waals surface area contributed by atoms with Crippen LogP contribution in [0, 0.1) is 17.3 Å². The lowest BCUT2D eigenvalue weighted by Crippen LogP contribution is -2.48. The highest BCUT2D eigenvalue weighted by Crippen LogP contribution is 2.58. The molecule has 0 aromatic rings. The molecule has 1 fully saturated rings. The van der Waals surface area contributed by atoms with E-state index in [-0.39, 0.29) is 5.54 Å². The standard InChI is InChI=1S/C14H29N/c1-10(2)11-12(3,4)14(7,8)15(9)13(11,5)6/h10-11H,1-9H3. The van der Waals surface area contributed by atoms with E-state index in [4.69, 9.17) is 0 Å². The van der Waals surface area contributed by atoms with Gasteiger partial charge in [-0.2, -0.15) is 0 Å². The van der Waals surface area contributed by atoms with Crippen LogP contribution in [-0.2, 0) is 0 Å². The molecule has 90 valence electrons. The topological polar surface area (TPSA) is 3.24 Å². The summed E-state index contributed by atoms with van der Waals surface area (Å²) in [5, 5.41) is 0. The van der Waals surface area contributed by atoms with Crippen LogP contribution in [-0.4, -0.2) is 23.0 Å². The fourth-order valence-corrected chi connectivity index (χ4v) is 4.27. The van der Waals surface area contributed by atoms with Gasteiger partial charge in [-0.3, -0.25) is 4.90 Å². The summed E-state index contributed by atoms with van der Waals surface area (Å²) in [6.45, 7) is 19.2. The minimum atomic E-state index is 0.269. The summed E-state index contributed by atoms with van der Waals surface area (Å²) in [6.07, 6.45) is 0. The van der Waals surface area contributed by atoms with Crippen LogP contribution in [0.3, 0.4) is 0 Å². The van der Waals surface area contributed by atoms with E-state index in [0.29, 0.717) is 11.0 Å². The van der Waals surface area contributed by atoms with Gasteiger partial charge in [0, 0.05) is 11.1 Å². The van der Waals surface area contributed by atoms with E-state index < -0.39 is 0 Å². The Morgan fingerprint density at radius 3 is 1.47 bits per heavy atom. The number of rotatable bonds is 1. The average Bonchev–Trinajstić information content (AvgIpc) is 2.07. The van der Waals surface area contributed by atoms with E-state index >= 15 is 0 Å². The molecule has 1 unspecified atom stereocenters. The molecule has 0 amide bonds. The third-order valence-electron chi connectivity index (χ3n) is 5.49. The molecule has 1 nitrogen and oxygen atoms in total. The van der Waals surface area contributed by atoms with Crippen LogP contribution >= 0.6 is 0 Å². The smallest absolute Gasteiger partial charge is 0.0209 e. The molecule has 1 saturated heterocycles. The normalized spacial score (nSPS) is 33.6. The van der Waals surface area contributed by atoms with Crippen molar-refractivity contribution in [2.24, 2.45) is 17.3 Å². The van der Waals surface area contributed by atoms with Crippen molar-refractivity contribution in [2.45, 2.75) is 66.5 Å². The van der Waals surface area contributed by atoms with Crippen LogP contribution in [0.15, 0.2) is 0 Å². The lowest BCUT2D eigenvalue weighted by atomic mass is 9.62. The Morgan fingerprint density at radius 1 is 0.933 bits per heavy atom. The van der Waals surface area contributed by atoms with Crippen LogP contribution in [0.5, 0.6) is 0 Å². The Morgan fingerprint density at radius 2 is 1.33 bits per heavy atom. The number of likely N-dealkylation sites (tertiary alicyclic amines) is 1. The summed E-state index contributed by atoms with van der Waals surface area (Å²) in [5.41, 5.74) is 0.923. The van der Waals surface area contributed by atoms with Crippen molar-refractivity contribution >= 4 is 0 Å². The number of nitrogens with zero attached hydrogens (tertiary/aromatic N) is 1. The largest absolute Gasteiger partial charge is 0.295 e. The molecule has 0 radical (unpaired) electrons. The molecule has 0 N–H and O–H groups in total. The minimum absolute atomic E-state index is 0.269. The fraction of sp³-hybridized carbons (Fsp3) is 1.00. The van der Waals surface area contributed by atoms with Gasteiger partial charge in [-0.05, 0) is 52.0 Å². The molecule has 1 heteroatoms. The van der Waals surface area contributed by atoms with Crippen LogP contribution in [0.25, 0.3) is 0 Å². The average molecular weight is 211 g/mol. The van der Waals surface area contributed by atoms with E-state index in [9.17, 15) is 0 Å². The van der Waals surface area contributed by atoms with Crippen LogP contribution < -0.4 is 0 Å². The molecular formula is C14H29N. The molecule has 0 aromatic carbocycles. The summed E-state index contributed by atoms with van der Waals surface area (Å²) in [6, 6.07) is 0. The second kappa shape index (κ2) is 3.23. The molecule has 0 spiro atoms. The zero-order chi connectivity index (χ0) is 12.2. The van der Waals surface area contributed by atoms with Gasteiger partial charge in [0.1, 0.15) is 0 Å². The molecule has 1 rings (SSSR count). The highest BCUT2D eigenvalue weighted by atomic mass is 15.3.